The van der Waals surface area contributed by atoms with Gasteiger partial charge in [0.15, 0.2) is 0 Å². The number of nitrogen functional groups attached to an aromatic ring is 1. The first kappa shape index (κ1) is 12.2. The van der Waals surface area contributed by atoms with Crippen LogP contribution in [0.15, 0.2) is 18.2 Å². The summed E-state index contributed by atoms with van der Waals surface area (Å²) >= 11 is 5.98. The van der Waals surface area contributed by atoms with E-state index in [0.717, 1.165) is 6.42 Å². The summed E-state index contributed by atoms with van der Waals surface area (Å²) < 4.78 is 0. The molecule has 0 radical (unpaired) electrons. The molecule has 3 N–H and O–H groups in total. The highest BCUT2D eigenvalue weighted by Gasteiger charge is 2.37. The van der Waals surface area contributed by atoms with E-state index in [1.165, 1.54) is 12.8 Å². The SMILES string of the molecule is CCCC1CC1NC(=O)c1ccc(N)cc1Cl. The van der Waals surface area contributed by atoms with Crippen LogP contribution in [0.3, 0.4) is 0 Å². The van der Waals surface area contributed by atoms with Crippen LogP contribution in [-0.2, 0) is 0 Å². The van der Waals surface area contributed by atoms with Crippen molar-refractivity contribution in [3.63, 3.8) is 0 Å². The average molecular weight is 253 g/mol. The van der Waals surface area contributed by atoms with Crippen molar-refractivity contribution in [1.29, 1.82) is 0 Å². The fourth-order valence-electron chi connectivity index (χ4n) is 2.08. The van der Waals surface area contributed by atoms with Gasteiger partial charge in [-0.05, 0) is 37.0 Å². The molecule has 0 heterocycles. The molecule has 1 aliphatic carbocycles. The maximum Gasteiger partial charge on any atom is 0.253 e. The van der Waals surface area contributed by atoms with Crippen LogP contribution in [0.25, 0.3) is 0 Å². The van der Waals surface area contributed by atoms with Gasteiger partial charge in [-0.2, -0.15) is 0 Å². The minimum absolute atomic E-state index is 0.0985. The molecule has 0 saturated heterocycles. The van der Waals surface area contributed by atoms with E-state index < -0.39 is 0 Å². The number of rotatable bonds is 4. The predicted molar refractivity (Wildman–Crippen MR) is 70.1 cm³/mol. The van der Waals surface area contributed by atoms with E-state index in [1.54, 1.807) is 18.2 Å². The van der Waals surface area contributed by atoms with Gasteiger partial charge in [-0.3, -0.25) is 4.79 Å². The molecule has 4 heteroatoms. The number of hydrogen-bond donors (Lipinski definition) is 2. The molecule has 0 aromatic heterocycles. The highest BCUT2D eigenvalue weighted by atomic mass is 35.5. The third-order valence-corrected chi connectivity index (χ3v) is 3.45. The lowest BCUT2D eigenvalue weighted by atomic mass is 10.2. The van der Waals surface area contributed by atoms with E-state index in [4.69, 9.17) is 17.3 Å². The van der Waals surface area contributed by atoms with Crippen molar-refractivity contribution in [2.45, 2.75) is 32.2 Å². The van der Waals surface area contributed by atoms with Crippen molar-refractivity contribution < 1.29 is 4.79 Å². The Morgan fingerprint density at radius 3 is 3.00 bits per heavy atom. The Hall–Kier alpha value is -1.22. The normalized spacial score (nSPS) is 22.2. The Morgan fingerprint density at radius 2 is 2.35 bits per heavy atom. The van der Waals surface area contributed by atoms with Gasteiger partial charge in [-0.25, -0.2) is 0 Å². The third kappa shape index (κ3) is 2.91. The van der Waals surface area contributed by atoms with Gasteiger partial charge >= 0.3 is 0 Å². The standard InChI is InChI=1S/C13H17ClN2O/c1-2-3-8-6-12(8)16-13(17)10-5-4-9(15)7-11(10)14/h4-5,7-8,12H,2-3,6,15H2,1H3,(H,16,17). The second-order valence-corrected chi connectivity index (χ2v) is 5.01. The second-order valence-electron chi connectivity index (χ2n) is 4.60. The van der Waals surface area contributed by atoms with Crippen molar-refractivity contribution in [3.05, 3.63) is 28.8 Å². The molecule has 2 rings (SSSR count). The molecule has 1 saturated carbocycles. The maximum absolute atomic E-state index is 11.9. The first-order valence-corrected chi connectivity index (χ1v) is 6.35. The van der Waals surface area contributed by atoms with Gasteiger partial charge < -0.3 is 11.1 Å². The van der Waals surface area contributed by atoms with Gasteiger partial charge in [0.1, 0.15) is 0 Å². The summed E-state index contributed by atoms with van der Waals surface area (Å²) in [5.74, 6) is 0.551. The molecule has 0 aliphatic heterocycles. The third-order valence-electron chi connectivity index (χ3n) is 3.14. The molecule has 2 unspecified atom stereocenters. The zero-order valence-electron chi connectivity index (χ0n) is 9.87. The quantitative estimate of drug-likeness (QED) is 0.810. The van der Waals surface area contributed by atoms with E-state index in [0.29, 0.717) is 28.2 Å². The highest BCUT2D eigenvalue weighted by molar-refractivity contribution is 6.34. The predicted octanol–water partition coefficient (Wildman–Crippen LogP) is 2.84. The lowest BCUT2D eigenvalue weighted by Crippen LogP contribution is -2.27. The van der Waals surface area contributed by atoms with Crippen LogP contribution in [0.2, 0.25) is 5.02 Å². The maximum atomic E-state index is 11.9. The van der Waals surface area contributed by atoms with Crippen molar-refractivity contribution in [2.24, 2.45) is 5.92 Å². The monoisotopic (exact) mass is 252 g/mol. The Bertz CT molecular complexity index is 433. The molecular formula is C13H17ClN2O. The summed E-state index contributed by atoms with van der Waals surface area (Å²) in [6.07, 6.45) is 3.44. The summed E-state index contributed by atoms with van der Waals surface area (Å²) in [6, 6.07) is 5.30. The van der Waals surface area contributed by atoms with Crippen molar-refractivity contribution in [2.75, 3.05) is 5.73 Å². The van der Waals surface area contributed by atoms with Crippen LogP contribution in [-0.4, -0.2) is 11.9 Å². The molecule has 0 bridgehead atoms. The fraction of sp³-hybridized carbons (Fsp3) is 0.462. The van der Waals surface area contributed by atoms with Gasteiger partial charge in [0.25, 0.3) is 5.91 Å². The zero-order chi connectivity index (χ0) is 12.4. The molecule has 1 amide bonds. The zero-order valence-corrected chi connectivity index (χ0v) is 10.6. The lowest BCUT2D eigenvalue weighted by molar-refractivity contribution is 0.0949. The molecule has 92 valence electrons. The van der Waals surface area contributed by atoms with E-state index in [2.05, 4.69) is 12.2 Å². The topological polar surface area (TPSA) is 55.1 Å². The number of halogens is 1. The van der Waals surface area contributed by atoms with Crippen LogP contribution in [0.4, 0.5) is 5.69 Å². The first-order valence-electron chi connectivity index (χ1n) is 5.97. The number of hydrogen-bond acceptors (Lipinski definition) is 2. The minimum atomic E-state index is -0.0985. The van der Waals surface area contributed by atoms with Gasteiger partial charge in [-0.1, -0.05) is 24.9 Å². The van der Waals surface area contributed by atoms with Crippen molar-refractivity contribution >= 4 is 23.2 Å². The second kappa shape index (κ2) is 4.96. The summed E-state index contributed by atoms with van der Waals surface area (Å²) in [5, 5.41) is 3.41. The number of nitrogens with two attached hydrogens (primary N) is 1. The Morgan fingerprint density at radius 1 is 1.59 bits per heavy atom. The van der Waals surface area contributed by atoms with Crippen molar-refractivity contribution in [1.82, 2.24) is 5.32 Å². The molecule has 17 heavy (non-hydrogen) atoms. The lowest BCUT2D eigenvalue weighted by Gasteiger charge is -2.06. The average Bonchev–Trinajstić information content (AvgIpc) is 2.96. The molecule has 0 spiro atoms. The van der Waals surface area contributed by atoms with Gasteiger partial charge in [-0.15, -0.1) is 0 Å². The Kier molecular flexibility index (Phi) is 3.57. The smallest absolute Gasteiger partial charge is 0.253 e. The van der Waals surface area contributed by atoms with Crippen LogP contribution in [0.1, 0.15) is 36.5 Å². The minimum Gasteiger partial charge on any atom is -0.399 e. The highest BCUT2D eigenvalue weighted by Crippen LogP contribution is 2.35. The van der Waals surface area contributed by atoms with E-state index in [-0.39, 0.29) is 5.91 Å². The van der Waals surface area contributed by atoms with Crippen LogP contribution < -0.4 is 11.1 Å². The summed E-state index contributed by atoms with van der Waals surface area (Å²) in [4.78, 5) is 11.9. The van der Waals surface area contributed by atoms with Crippen LogP contribution in [0, 0.1) is 5.92 Å². The number of carbonyl (C=O) groups excluding carboxylic acids is 1. The molecule has 1 aromatic carbocycles. The molecule has 2 atom stereocenters. The first-order chi connectivity index (χ1) is 8.11. The number of carbonyl (C=O) groups is 1. The Labute approximate surface area is 106 Å². The largest absolute Gasteiger partial charge is 0.399 e. The number of nitrogens with one attached hydrogen (secondary N) is 1. The van der Waals surface area contributed by atoms with Gasteiger partial charge in [0.2, 0.25) is 0 Å². The van der Waals surface area contributed by atoms with Crippen molar-refractivity contribution in [3.8, 4) is 0 Å². The summed E-state index contributed by atoms with van der Waals surface area (Å²) in [6.45, 7) is 2.16. The molecule has 1 aromatic rings. The van der Waals surface area contributed by atoms with E-state index in [9.17, 15) is 4.79 Å². The molecule has 1 aliphatic rings. The fourth-order valence-corrected chi connectivity index (χ4v) is 2.35. The number of benzene rings is 1. The van der Waals surface area contributed by atoms with Crippen LogP contribution in [0.5, 0.6) is 0 Å². The summed E-state index contributed by atoms with van der Waals surface area (Å²) in [5.41, 5.74) is 6.66. The van der Waals surface area contributed by atoms with E-state index >= 15 is 0 Å². The van der Waals surface area contributed by atoms with E-state index in [1.807, 2.05) is 0 Å². The molecular weight excluding hydrogens is 236 g/mol. The Balaban J connectivity index is 1.96. The summed E-state index contributed by atoms with van der Waals surface area (Å²) in [7, 11) is 0. The number of anilines is 1. The van der Waals surface area contributed by atoms with Gasteiger partial charge in [0.05, 0.1) is 10.6 Å². The molecule has 3 nitrogen and oxygen atoms in total. The van der Waals surface area contributed by atoms with Crippen LogP contribution >= 0.6 is 11.6 Å². The number of amides is 1. The molecule has 1 fully saturated rings. The van der Waals surface area contributed by atoms with Gasteiger partial charge in [0, 0.05) is 11.7 Å².